The van der Waals surface area contributed by atoms with Gasteiger partial charge in [0.1, 0.15) is 9.02 Å². The van der Waals surface area contributed by atoms with E-state index in [4.69, 9.17) is 4.74 Å². The van der Waals surface area contributed by atoms with Crippen molar-refractivity contribution in [1.29, 1.82) is 0 Å². The quantitative estimate of drug-likeness (QED) is 0.461. The lowest BCUT2D eigenvalue weighted by atomic mass is 9.73. The maximum absolute atomic E-state index is 12.3. The molecule has 19 heavy (non-hydrogen) atoms. The molecule has 0 radical (unpaired) electrons. The molecule has 2 aliphatic carbocycles. The van der Waals surface area contributed by atoms with E-state index in [9.17, 15) is 9.90 Å². The number of halogens is 1. The minimum absolute atomic E-state index is 0.0850. The first-order valence-electron chi connectivity index (χ1n) is 7.42. The molecule has 0 aliphatic heterocycles. The Morgan fingerprint density at radius 3 is 2.68 bits per heavy atom. The molecule has 0 saturated heterocycles. The third-order valence-electron chi connectivity index (χ3n) is 5.35. The van der Waals surface area contributed by atoms with Crippen molar-refractivity contribution in [2.75, 3.05) is 0 Å². The van der Waals surface area contributed by atoms with Crippen LogP contribution in [0.25, 0.3) is 0 Å². The highest BCUT2D eigenvalue weighted by Crippen LogP contribution is 2.53. The van der Waals surface area contributed by atoms with E-state index in [-0.39, 0.29) is 11.6 Å². The summed E-state index contributed by atoms with van der Waals surface area (Å²) in [5.74, 6) is 0.222. The standard InChI is InChI=1S/C15H25IO3/c1-4-13(3,16)12(17)19-14-7-6-11(10-14)15(18,5-2)9-8-14/h11,18H,4-10H2,1-3H3. The monoisotopic (exact) mass is 380 g/mol. The van der Waals surface area contributed by atoms with E-state index in [1.54, 1.807) is 0 Å². The maximum Gasteiger partial charge on any atom is 0.322 e. The van der Waals surface area contributed by atoms with Crippen LogP contribution in [0.4, 0.5) is 0 Å². The van der Waals surface area contributed by atoms with Crippen LogP contribution in [0, 0.1) is 5.92 Å². The number of esters is 1. The van der Waals surface area contributed by atoms with Crippen LogP contribution in [0.2, 0.25) is 0 Å². The minimum Gasteiger partial charge on any atom is -0.458 e. The average Bonchev–Trinajstić information content (AvgIpc) is 2.76. The largest absolute Gasteiger partial charge is 0.458 e. The Bertz CT molecular complexity index is 368. The van der Waals surface area contributed by atoms with E-state index in [2.05, 4.69) is 29.5 Å². The SMILES string of the molecule is CCC(C)(I)C(=O)OC12CCC(C1)C(O)(CC)CC2. The van der Waals surface area contributed by atoms with E-state index in [0.29, 0.717) is 5.92 Å². The summed E-state index contributed by atoms with van der Waals surface area (Å²) in [5, 5.41) is 10.6. The molecule has 0 aromatic heterocycles. The van der Waals surface area contributed by atoms with Gasteiger partial charge in [-0.2, -0.15) is 0 Å². The Labute approximate surface area is 129 Å². The number of aliphatic hydroxyl groups is 1. The first-order valence-corrected chi connectivity index (χ1v) is 8.49. The molecule has 110 valence electrons. The average molecular weight is 380 g/mol. The molecule has 2 saturated carbocycles. The first-order chi connectivity index (χ1) is 8.77. The van der Waals surface area contributed by atoms with E-state index in [0.717, 1.165) is 44.9 Å². The van der Waals surface area contributed by atoms with Gasteiger partial charge in [-0.1, -0.05) is 36.4 Å². The molecule has 2 fully saturated rings. The number of carbonyl (C=O) groups is 1. The third-order valence-corrected chi connectivity index (χ3v) is 6.55. The molecule has 2 bridgehead atoms. The smallest absolute Gasteiger partial charge is 0.322 e. The van der Waals surface area contributed by atoms with Crippen molar-refractivity contribution in [3.63, 3.8) is 0 Å². The lowest BCUT2D eigenvalue weighted by molar-refractivity contribution is -0.170. The van der Waals surface area contributed by atoms with Crippen molar-refractivity contribution in [3.05, 3.63) is 0 Å². The Hall–Kier alpha value is 0.160. The molecule has 4 heteroatoms. The Kier molecular flexibility index (Phi) is 4.23. The van der Waals surface area contributed by atoms with Crippen LogP contribution >= 0.6 is 22.6 Å². The van der Waals surface area contributed by atoms with Crippen molar-refractivity contribution >= 4 is 28.6 Å². The van der Waals surface area contributed by atoms with Gasteiger partial charge in [0.15, 0.2) is 0 Å². The summed E-state index contributed by atoms with van der Waals surface area (Å²) in [6.45, 7) is 6.00. The molecule has 3 nitrogen and oxygen atoms in total. The highest BCUT2D eigenvalue weighted by molar-refractivity contribution is 14.1. The zero-order valence-electron chi connectivity index (χ0n) is 12.2. The van der Waals surface area contributed by atoms with Crippen LogP contribution in [-0.2, 0) is 9.53 Å². The fourth-order valence-electron chi connectivity index (χ4n) is 3.48. The molecule has 2 rings (SSSR count). The van der Waals surface area contributed by atoms with Gasteiger partial charge in [0, 0.05) is 0 Å². The first kappa shape index (κ1) is 15.5. The van der Waals surface area contributed by atoms with E-state index in [1.807, 2.05) is 13.8 Å². The van der Waals surface area contributed by atoms with Gasteiger partial charge in [-0.3, -0.25) is 4.79 Å². The summed E-state index contributed by atoms with van der Waals surface area (Å²) < 4.78 is 5.48. The third kappa shape index (κ3) is 2.80. The molecular weight excluding hydrogens is 355 g/mol. The predicted molar refractivity (Wildman–Crippen MR) is 83.4 cm³/mol. The molecule has 0 spiro atoms. The number of hydrogen-bond donors (Lipinski definition) is 1. The summed E-state index contributed by atoms with van der Waals surface area (Å²) in [6.07, 6.45) is 5.93. The van der Waals surface area contributed by atoms with Gasteiger partial charge in [0.05, 0.1) is 5.60 Å². The second-order valence-electron chi connectivity index (χ2n) is 6.52. The van der Waals surface area contributed by atoms with E-state index >= 15 is 0 Å². The summed E-state index contributed by atoms with van der Waals surface area (Å²) in [7, 11) is 0. The van der Waals surface area contributed by atoms with E-state index in [1.165, 1.54) is 0 Å². The second kappa shape index (κ2) is 5.17. The van der Waals surface area contributed by atoms with Crippen LogP contribution in [0.5, 0.6) is 0 Å². The fourth-order valence-corrected chi connectivity index (χ4v) is 3.59. The van der Waals surface area contributed by atoms with Crippen molar-refractivity contribution in [1.82, 2.24) is 0 Å². The minimum atomic E-state index is -0.523. The van der Waals surface area contributed by atoms with Gasteiger partial charge in [0.2, 0.25) is 0 Å². The summed E-state index contributed by atoms with van der Waals surface area (Å²) >= 11 is 2.19. The Balaban J connectivity index is 2.06. The van der Waals surface area contributed by atoms with Gasteiger partial charge in [0.25, 0.3) is 0 Å². The van der Waals surface area contributed by atoms with Crippen molar-refractivity contribution in [2.45, 2.75) is 80.3 Å². The second-order valence-corrected chi connectivity index (χ2v) is 8.90. The van der Waals surface area contributed by atoms with E-state index < -0.39 is 9.02 Å². The molecule has 2 aliphatic rings. The van der Waals surface area contributed by atoms with Gasteiger partial charge in [-0.05, 0) is 57.8 Å². The molecule has 0 heterocycles. The van der Waals surface area contributed by atoms with Crippen LogP contribution in [-0.4, -0.2) is 25.7 Å². The Morgan fingerprint density at radius 2 is 2.11 bits per heavy atom. The molecular formula is C15H25IO3. The molecule has 0 aromatic carbocycles. The normalized spacial score (nSPS) is 40.8. The summed E-state index contributed by atoms with van der Waals surface area (Å²) in [4.78, 5) is 12.3. The number of ether oxygens (including phenoxy) is 1. The van der Waals surface area contributed by atoms with Gasteiger partial charge < -0.3 is 9.84 Å². The molecule has 4 unspecified atom stereocenters. The fraction of sp³-hybridized carbons (Fsp3) is 0.933. The summed E-state index contributed by atoms with van der Waals surface area (Å²) in [5.41, 5.74) is -0.810. The van der Waals surface area contributed by atoms with Gasteiger partial charge in [-0.15, -0.1) is 0 Å². The van der Waals surface area contributed by atoms with Gasteiger partial charge >= 0.3 is 5.97 Å². The molecule has 1 N–H and O–H groups in total. The molecule has 0 aromatic rings. The van der Waals surface area contributed by atoms with Crippen LogP contribution in [0.15, 0.2) is 0 Å². The lowest BCUT2D eigenvalue weighted by Crippen LogP contribution is -2.47. The van der Waals surface area contributed by atoms with Crippen molar-refractivity contribution < 1.29 is 14.6 Å². The van der Waals surface area contributed by atoms with Crippen LogP contribution < -0.4 is 0 Å². The molecule has 4 atom stereocenters. The van der Waals surface area contributed by atoms with Crippen molar-refractivity contribution in [2.24, 2.45) is 5.92 Å². The summed E-state index contributed by atoms with van der Waals surface area (Å²) in [6, 6.07) is 0. The predicted octanol–water partition coefficient (Wildman–Crippen LogP) is 3.61. The number of carbonyl (C=O) groups excluding carboxylic acids is 1. The highest BCUT2D eigenvalue weighted by Gasteiger charge is 2.54. The lowest BCUT2D eigenvalue weighted by Gasteiger charge is -2.42. The van der Waals surface area contributed by atoms with Crippen LogP contribution in [0.1, 0.15) is 65.7 Å². The maximum atomic E-state index is 12.3. The topological polar surface area (TPSA) is 46.5 Å². The number of hydrogen-bond acceptors (Lipinski definition) is 3. The number of alkyl halides is 1. The number of rotatable bonds is 4. The highest BCUT2D eigenvalue weighted by atomic mass is 127. The zero-order chi connectivity index (χ0) is 14.3. The zero-order valence-corrected chi connectivity index (χ0v) is 14.3. The van der Waals surface area contributed by atoms with Crippen molar-refractivity contribution in [3.8, 4) is 0 Å². The number of fused-ring (bicyclic) bond motifs is 2. The molecule has 0 amide bonds. The Morgan fingerprint density at radius 1 is 1.42 bits per heavy atom. The van der Waals surface area contributed by atoms with Gasteiger partial charge in [-0.25, -0.2) is 0 Å². The van der Waals surface area contributed by atoms with Crippen LogP contribution in [0.3, 0.4) is 0 Å².